The molecule has 29 heavy (non-hydrogen) atoms. The number of carboxylic acids is 3. The Balaban J connectivity index is 2.69. The molecular weight excluding hydrogens is 420 g/mol. The Morgan fingerprint density at radius 3 is 1.90 bits per heavy atom. The summed E-state index contributed by atoms with van der Waals surface area (Å²) in [5.41, 5.74) is -1.19. The van der Waals surface area contributed by atoms with Gasteiger partial charge >= 0.3 is 17.9 Å². The molecule has 1 aromatic heterocycles. The number of nitrogens with zero attached hydrogens (tertiary/aromatic N) is 1. The van der Waals surface area contributed by atoms with Gasteiger partial charge in [0.05, 0.1) is 0 Å². The van der Waals surface area contributed by atoms with Gasteiger partial charge in [0.1, 0.15) is 5.03 Å². The Morgan fingerprint density at radius 1 is 0.897 bits per heavy atom. The van der Waals surface area contributed by atoms with E-state index in [4.69, 9.17) is 15.3 Å². The molecular formula is C18H24N2O7S2. The van der Waals surface area contributed by atoms with E-state index in [2.05, 4.69) is 10.3 Å². The molecule has 0 unspecified atom stereocenters. The van der Waals surface area contributed by atoms with Crippen LogP contribution in [0, 0.1) is 0 Å². The van der Waals surface area contributed by atoms with E-state index in [-0.39, 0.29) is 50.9 Å². The molecule has 0 saturated carbocycles. The molecule has 0 aliphatic rings. The average molecular weight is 445 g/mol. The molecule has 0 fully saturated rings. The Bertz CT molecular complexity index is 655. The molecule has 0 aliphatic carbocycles. The van der Waals surface area contributed by atoms with Crippen molar-refractivity contribution in [1.29, 1.82) is 0 Å². The Hall–Kier alpha value is -2.27. The van der Waals surface area contributed by atoms with Gasteiger partial charge in [-0.1, -0.05) is 16.9 Å². The second-order valence-corrected chi connectivity index (χ2v) is 8.77. The molecule has 1 amide bonds. The quantitative estimate of drug-likeness (QED) is 0.234. The molecule has 0 aromatic carbocycles. The first-order chi connectivity index (χ1) is 13.7. The van der Waals surface area contributed by atoms with Gasteiger partial charge in [0.2, 0.25) is 5.91 Å². The summed E-state index contributed by atoms with van der Waals surface area (Å²) >= 11 is 0. The van der Waals surface area contributed by atoms with Crippen LogP contribution in [0.4, 0.5) is 0 Å². The molecule has 1 rings (SSSR count). The lowest BCUT2D eigenvalue weighted by molar-refractivity contribution is -0.139. The number of hydrogen-bond donors (Lipinski definition) is 4. The zero-order chi connectivity index (χ0) is 21.7. The van der Waals surface area contributed by atoms with Crippen LogP contribution in [0.15, 0.2) is 29.4 Å². The number of aliphatic carboxylic acids is 3. The minimum Gasteiger partial charge on any atom is -0.481 e. The molecule has 0 bridgehead atoms. The second-order valence-electron chi connectivity index (χ2n) is 6.33. The van der Waals surface area contributed by atoms with Crippen molar-refractivity contribution < 1.29 is 34.5 Å². The number of carboxylic acid groups (broad SMARTS) is 3. The van der Waals surface area contributed by atoms with Crippen LogP contribution in [-0.2, 0) is 19.2 Å². The van der Waals surface area contributed by atoms with E-state index in [0.717, 1.165) is 5.03 Å². The Morgan fingerprint density at radius 2 is 1.45 bits per heavy atom. The van der Waals surface area contributed by atoms with E-state index in [0.29, 0.717) is 5.75 Å². The van der Waals surface area contributed by atoms with Crippen LogP contribution in [0.2, 0.25) is 0 Å². The summed E-state index contributed by atoms with van der Waals surface area (Å²) in [4.78, 5) is 49.6. The molecule has 0 spiro atoms. The minimum atomic E-state index is -1.19. The van der Waals surface area contributed by atoms with Gasteiger partial charge in [0, 0.05) is 43.2 Å². The molecule has 0 saturated heterocycles. The van der Waals surface area contributed by atoms with Gasteiger partial charge < -0.3 is 20.6 Å². The van der Waals surface area contributed by atoms with Crippen LogP contribution < -0.4 is 5.32 Å². The van der Waals surface area contributed by atoms with E-state index in [1.807, 2.05) is 12.1 Å². The van der Waals surface area contributed by atoms with E-state index in [1.54, 1.807) is 12.3 Å². The monoisotopic (exact) mass is 444 g/mol. The summed E-state index contributed by atoms with van der Waals surface area (Å²) in [5, 5.41) is 30.5. The van der Waals surface area contributed by atoms with Crippen molar-refractivity contribution in [2.24, 2.45) is 0 Å². The molecule has 4 N–H and O–H groups in total. The Kier molecular flexibility index (Phi) is 11.1. The van der Waals surface area contributed by atoms with Gasteiger partial charge in [-0.3, -0.25) is 19.2 Å². The lowest BCUT2D eigenvalue weighted by Gasteiger charge is -2.34. The van der Waals surface area contributed by atoms with E-state index in [9.17, 15) is 19.2 Å². The van der Waals surface area contributed by atoms with Crippen molar-refractivity contribution in [2.45, 2.75) is 55.5 Å². The van der Waals surface area contributed by atoms with Gasteiger partial charge in [-0.25, -0.2) is 4.98 Å². The molecule has 1 aromatic rings. The first-order valence-corrected chi connectivity index (χ1v) is 11.2. The molecule has 11 heteroatoms. The zero-order valence-corrected chi connectivity index (χ0v) is 17.3. The summed E-state index contributed by atoms with van der Waals surface area (Å²) in [7, 11) is 2.84. The molecule has 0 atom stereocenters. The summed E-state index contributed by atoms with van der Waals surface area (Å²) in [6.07, 6.45) is 0.771. The smallest absolute Gasteiger partial charge is 0.303 e. The topological polar surface area (TPSA) is 154 Å². The number of carbonyl (C=O) groups is 4. The third-order valence-corrected chi connectivity index (χ3v) is 6.32. The van der Waals surface area contributed by atoms with E-state index < -0.39 is 23.4 Å². The summed E-state index contributed by atoms with van der Waals surface area (Å²) in [6, 6.07) is 5.49. The van der Waals surface area contributed by atoms with Crippen LogP contribution in [-0.4, -0.2) is 55.4 Å². The fourth-order valence-corrected chi connectivity index (χ4v) is 4.46. The maximum absolute atomic E-state index is 12.4. The van der Waals surface area contributed by atoms with Gasteiger partial charge in [0.15, 0.2) is 0 Å². The number of hydrogen-bond acceptors (Lipinski definition) is 7. The summed E-state index contributed by atoms with van der Waals surface area (Å²) in [5.74, 6) is -3.22. The largest absolute Gasteiger partial charge is 0.481 e. The summed E-state index contributed by atoms with van der Waals surface area (Å²) in [6.45, 7) is 0. The molecule has 160 valence electrons. The van der Waals surface area contributed by atoms with Crippen molar-refractivity contribution in [3.8, 4) is 0 Å². The SMILES string of the molecule is O=C(O)CCC(CCC(=O)O)(CCC(=O)O)NC(=O)CCSSc1ccccn1. The third-order valence-electron chi connectivity index (χ3n) is 4.05. The number of amides is 1. The Labute approximate surface area is 176 Å². The van der Waals surface area contributed by atoms with E-state index >= 15 is 0 Å². The van der Waals surface area contributed by atoms with Gasteiger partial charge in [-0.2, -0.15) is 0 Å². The number of aromatic nitrogens is 1. The highest BCUT2D eigenvalue weighted by atomic mass is 33.1. The lowest BCUT2D eigenvalue weighted by atomic mass is 9.83. The van der Waals surface area contributed by atoms with Crippen molar-refractivity contribution in [3.63, 3.8) is 0 Å². The van der Waals surface area contributed by atoms with Crippen LogP contribution >= 0.6 is 21.6 Å². The van der Waals surface area contributed by atoms with Gasteiger partial charge in [-0.15, -0.1) is 0 Å². The lowest BCUT2D eigenvalue weighted by Crippen LogP contribution is -2.49. The number of carbonyl (C=O) groups excluding carboxylic acids is 1. The predicted molar refractivity (Wildman–Crippen MR) is 109 cm³/mol. The minimum absolute atomic E-state index is 0.0372. The fraction of sp³-hybridized carbons (Fsp3) is 0.500. The van der Waals surface area contributed by atoms with Crippen molar-refractivity contribution in [3.05, 3.63) is 24.4 Å². The predicted octanol–water partition coefficient (Wildman–Crippen LogP) is 2.66. The number of rotatable bonds is 15. The third kappa shape index (κ3) is 11.3. The average Bonchev–Trinajstić information content (AvgIpc) is 2.67. The van der Waals surface area contributed by atoms with Crippen LogP contribution in [0.5, 0.6) is 0 Å². The van der Waals surface area contributed by atoms with Crippen LogP contribution in [0.25, 0.3) is 0 Å². The highest BCUT2D eigenvalue weighted by molar-refractivity contribution is 8.76. The fourth-order valence-electron chi connectivity index (χ4n) is 2.59. The first-order valence-electron chi connectivity index (χ1n) is 8.89. The summed E-state index contributed by atoms with van der Waals surface area (Å²) < 4.78 is 0. The maximum atomic E-state index is 12.4. The maximum Gasteiger partial charge on any atom is 0.303 e. The number of pyridine rings is 1. The van der Waals surface area contributed by atoms with Crippen molar-refractivity contribution in [1.82, 2.24) is 10.3 Å². The first kappa shape index (κ1) is 24.8. The van der Waals surface area contributed by atoms with Crippen molar-refractivity contribution in [2.75, 3.05) is 5.75 Å². The highest BCUT2D eigenvalue weighted by Crippen LogP contribution is 2.30. The molecule has 0 radical (unpaired) electrons. The zero-order valence-electron chi connectivity index (χ0n) is 15.7. The van der Waals surface area contributed by atoms with Gasteiger partial charge in [-0.05, 0) is 42.2 Å². The number of nitrogens with one attached hydrogen (secondary N) is 1. The molecule has 1 heterocycles. The van der Waals surface area contributed by atoms with Crippen LogP contribution in [0.1, 0.15) is 44.9 Å². The second kappa shape index (κ2) is 13.0. The van der Waals surface area contributed by atoms with E-state index in [1.165, 1.54) is 21.6 Å². The van der Waals surface area contributed by atoms with Crippen LogP contribution in [0.3, 0.4) is 0 Å². The van der Waals surface area contributed by atoms with Crippen molar-refractivity contribution >= 4 is 45.4 Å². The highest BCUT2D eigenvalue weighted by Gasteiger charge is 2.33. The molecule has 9 nitrogen and oxygen atoms in total. The van der Waals surface area contributed by atoms with Gasteiger partial charge in [0.25, 0.3) is 0 Å². The standard InChI is InChI=1S/C18H24N2O7S2/c21-13(7-12-28-29-14-3-1-2-11-19-14)20-18(8-4-15(22)23,9-5-16(24)25)10-6-17(26)27/h1-3,11H,4-10,12H2,(H,20,21)(H,22,23)(H,24,25)(H,26,27). The molecule has 0 aliphatic heterocycles. The normalized spacial score (nSPS) is 11.0.